The number of sulfonamides is 1. The fraction of sp³-hybridized carbons (Fsp3) is 0.316. The van der Waals surface area contributed by atoms with Crippen molar-refractivity contribution in [2.75, 3.05) is 13.2 Å². The van der Waals surface area contributed by atoms with E-state index in [1.807, 2.05) is 13.0 Å². The molecule has 2 aromatic carbocycles. The van der Waals surface area contributed by atoms with Crippen LogP contribution in [0.3, 0.4) is 0 Å². The van der Waals surface area contributed by atoms with E-state index in [0.29, 0.717) is 17.0 Å². The summed E-state index contributed by atoms with van der Waals surface area (Å²) in [5, 5.41) is 0.365. The van der Waals surface area contributed by atoms with Crippen molar-refractivity contribution in [2.45, 2.75) is 31.2 Å². The van der Waals surface area contributed by atoms with E-state index >= 15 is 0 Å². The van der Waals surface area contributed by atoms with Crippen molar-refractivity contribution >= 4 is 27.6 Å². The first-order valence-electron chi connectivity index (χ1n) is 8.38. The number of carbonyl (C=O) groups excluding carboxylic acids is 1. The molecule has 26 heavy (non-hydrogen) atoms. The van der Waals surface area contributed by atoms with Gasteiger partial charge in [0, 0.05) is 17.1 Å². The van der Waals surface area contributed by atoms with Gasteiger partial charge in [-0.1, -0.05) is 41.4 Å². The van der Waals surface area contributed by atoms with Crippen LogP contribution in [-0.2, 0) is 26.0 Å². The predicted molar refractivity (Wildman–Crippen MR) is 99.6 cm³/mol. The van der Waals surface area contributed by atoms with Crippen LogP contribution in [0.25, 0.3) is 0 Å². The number of hydrogen-bond acceptors (Lipinski definition) is 4. The van der Waals surface area contributed by atoms with Crippen LogP contribution in [0.5, 0.6) is 0 Å². The number of halogens is 1. The lowest BCUT2D eigenvalue weighted by molar-refractivity contribution is -0.148. The average Bonchev–Trinajstić information content (AvgIpc) is 2.61. The predicted octanol–water partition coefficient (Wildman–Crippen LogP) is 3.50. The maximum atomic E-state index is 13.2. The Morgan fingerprint density at radius 2 is 1.92 bits per heavy atom. The summed E-state index contributed by atoms with van der Waals surface area (Å²) in [6.07, 6.45) is 0.483. The molecule has 0 fully saturated rings. The maximum Gasteiger partial charge on any atom is 0.329 e. The van der Waals surface area contributed by atoms with E-state index in [1.165, 1.54) is 4.31 Å². The minimum Gasteiger partial charge on any atom is -0.465 e. The molecule has 5 nitrogen and oxygen atoms in total. The highest BCUT2D eigenvalue weighted by molar-refractivity contribution is 7.89. The van der Waals surface area contributed by atoms with Gasteiger partial charge >= 0.3 is 5.97 Å². The minimum absolute atomic E-state index is 0.146. The molecular formula is C19H20ClNO4S. The summed E-state index contributed by atoms with van der Waals surface area (Å²) in [5.41, 5.74) is 2.33. The number of ether oxygens (including phenoxy) is 1. The molecule has 7 heteroatoms. The smallest absolute Gasteiger partial charge is 0.329 e. The van der Waals surface area contributed by atoms with Crippen LogP contribution >= 0.6 is 11.6 Å². The van der Waals surface area contributed by atoms with Gasteiger partial charge in [0.15, 0.2) is 0 Å². The summed E-state index contributed by atoms with van der Waals surface area (Å²) in [7, 11) is -3.88. The topological polar surface area (TPSA) is 63.7 Å². The van der Waals surface area contributed by atoms with Crippen molar-refractivity contribution in [2.24, 2.45) is 0 Å². The Kier molecular flexibility index (Phi) is 5.37. The van der Waals surface area contributed by atoms with Crippen molar-refractivity contribution in [1.82, 2.24) is 4.31 Å². The van der Waals surface area contributed by atoms with Crippen molar-refractivity contribution in [3.05, 3.63) is 64.2 Å². The fourth-order valence-corrected chi connectivity index (χ4v) is 5.02. The van der Waals surface area contributed by atoms with Crippen molar-refractivity contribution in [1.29, 1.82) is 0 Å². The molecule has 0 aromatic heterocycles. The highest BCUT2D eigenvalue weighted by Gasteiger charge is 2.42. The van der Waals surface area contributed by atoms with Crippen LogP contribution in [0.2, 0.25) is 5.02 Å². The molecule has 2 aromatic rings. The number of rotatable bonds is 4. The molecule has 0 saturated carbocycles. The lowest BCUT2D eigenvalue weighted by atomic mass is 9.94. The zero-order valence-corrected chi connectivity index (χ0v) is 16.2. The van der Waals surface area contributed by atoms with Gasteiger partial charge in [-0.2, -0.15) is 4.31 Å². The standard InChI is InChI=1S/C19H20ClNO4S/c1-3-25-19(22)18-17-14(5-4-6-16(17)20)11-12-21(18)26(23,24)15-9-7-13(2)8-10-15/h4-10,18H,3,11-12H2,1-2H3. The third kappa shape index (κ3) is 3.37. The molecular weight excluding hydrogens is 374 g/mol. The molecule has 0 aliphatic carbocycles. The molecule has 138 valence electrons. The van der Waals surface area contributed by atoms with Crippen molar-refractivity contribution in [3.63, 3.8) is 0 Å². The number of carbonyl (C=O) groups is 1. The third-order valence-electron chi connectivity index (χ3n) is 4.44. The first-order chi connectivity index (χ1) is 12.4. The van der Waals surface area contributed by atoms with Crippen LogP contribution in [0.4, 0.5) is 0 Å². The number of fused-ring (bicyclic) bond motifs is 1. The van der Waals surface area contributed by atoms with Gasteiger partial charge in [-0.25, -0.2) is 13.2 Å². The molecule has 0 spiro atoms. The lowest BCUT2D eigenvalue weighted by Gasteiger charge is -2.35. The SMILES string of the molecule is CCOC(=O)C1c2c(Cl)cccc2CCN1S(=O)(=O)c1ccc(C)cc1. The van der Waals surface area contributed by atoms with Gasteiger partial charge in [-0.15, -0.1) is 0 Å². The van der Waals surface area contributed by atoms with Crippen molar-refractivity contribution < 1.29 is 17.9 Å². The molecule has 1 unspecified atom stereocenters. The second-order valence-corrected chi connectivity index (χ2v) is 8.44. The molecule has 0 bridgehead atoms. The molecule has 1 heterocycles. The van der Waals surface area contributed by atoms with Gasteiger partial charge in [0.2, 0.25) is 10.0 Å². The minimum atomic E-state index is -3.88. The van der Waals surface area contributed by atoms with E-state index in [9.17, 15) is 13.2 Å². The number of hydrogen-bond donors (Lipinski definition) is 0. The Morgan fingerprint density at radius 1 is 1.23 bits per heavy atom. The highest BCUT2D eigenvalue weighted by Crippen LogP contribution is 2.38. The summed E-state index contributed by atoms with van der Waals surface area (Å²) in [6.45, 7) is 3.92. The van der Waals surface area contributed by atoms with E-state index < -0.39 is 22.0 Å². The molecule has 0 radical (unpaired) electrons. The number of benzene rings is 2. The Labute approximate surface area is 158 Å². The summed E-state index contributed by atoms with van der Waals surface area (Å²) < 4.78 is 32.8. The van der Waals surface area contributed by atoms with Crippen LogP contribution in [0, 0.1) is 6.92 Å². The monoisotopic (exact) mass is 393 g/mol. The summed E-state index contributed by atoms with van der Waals surface area (Å²) in [5.74, 6) is -0.614. The first-order valence-corrected chi connectivity index (χ1v) is 10.2. The number of esters is 1. The zero-order chi connectivity index (χ0) is 18.9. The Bertz CT molecular complexity index is 925. The number of aryl methyl sites for hydroxylation is 1. The van der Waals surface area contributed by atoms with Crippen LogP contribution in [0.15, 0.2) is 47.4 Å². The molecule has 0 amide bonds. The van der Waals surface area contributed by atoms with E-state index in [1.54, 1.807) is 43.3 Å². The maximum absolute atomic E-state index is 13.2. The molecule has 1 atom stereocenters. The second kappa shape index (κ2) is 7.39. The molecule has 1 aliphatic heterocycles. The second-order valence-electron chi connectivity index (χ2n) is 6.15. The zero-order valence-electron chi connectivity index (χ0n) is 14.6. The Balaban J connectivity index is 2.12. The normalized spacial score (nSPS) is 17.6. The van der Waals surface area contributed by atoms with Crippen LogP contribution < -0.4 is 0 Å². The van der Waals surface area contributed by atoms with Gasteiger partial charge in [0.1, 0.15) is 6.04 Å². The highest BCUT2D eigenvalue weighted by atomic mass is 35.5. The fourth-order valence-electron chi connectivity index (χ4n) is 3.17. The van der Waals surface area contributed by atoms with Crippen LogP contribution in [0.1, 0.15) is 29.7 Å². The lowest BCUT2D eigenvalue weighted by Crippen LogP contribution is -2.44. The quantitative estimate of drug-likeness (QED) is 0.746. The largest absolute Gasteiger partial charge is 0.465 e. The Morgan fingerprint density at radius 3 is 2.58 bits per heavy atom. The van der Waals surface area contributed by atoms with E-state index in [-0.39, 0.29) is 18.0 Å². The first kappa shape index (κ1) is 18.9. The van der Waals surface area contributed by atoms with E-state index in [2.05, 4.69) is 0 Å². The van der Waals surface area contributed by atoms with Gasteiger partial charge in [0.05, 0.1) is 11.5 Å². The third-order valence-corrected chi connectivity index (χ3v) is 6.65. The Hall–Kier alpha value is -1.89. The molecule has 0 saturated heterocycles. The molecule has 1 aliphatic rings. The van der Waals surface area contributed by atoms with E-state index in [4.69, 9.17) is 16.3 Å². The summed E-state index contributed by atoms with van der Waals surface area (Å²) in [4.78, 5) is 12.8. The van der Waals surface area contributed by atoms with Crippen LogP contribution in [-0.4, -0.2) is 31.8 Å². The molecule has 0 N–H and O–H groups in total. The van der Waals surface area contributed by atoms with E-state index in [0.717, 1.165) is 11.1 Å². The van der Waals surface area contributed by atoms with Gasteiger partial charge in [-0.3, -0.25) is 0 Å². The van der Waals surface area contributed by atoms with Gasteiger partial charge in [-0.05, 0) is 44.0 Å². The summed E-state index contributed by atoms with van der Waals surface area (Å²) in [6, 6.07) is 10.8. The average molecular weight is 394 g/mol. The number of nitrogens with zero attached hydrogens (tertiary/aromatic N) is 1. The summed E-state index contributed by atoms with van der Waals surface area (Å²) >= 11 is 6.33. The molecule has 3 rings (SSSR count). The van der Waals surface area contributed by atoms with Gasteiger partial charge < -0.3 is 4.74 Å². The van der Waals surface area contributed by atoms with Crippen molar-refractivity contribution in [3.8, 4) is 0 Å². The van der Waals surface area contributed by atoms with Gasteiger partial charge in [0.25, 0.3) is 0 Å².